The molecule has 1 aromatic rings. The van der Waals surface area contributed by atoms with Crippen molar-refractivity contribution in [2.24, 2.45) is 0 Å². The van der Waals surface area contributed by atoms with E-state index in [9.17, 15) is 5.11 Å². The van der Waals surface area contributed by atoms with E-state index in [1.807, 2.05) is 24.3 Å². The number of rotatable bonds is 4. The number of hydrogen-bond donors (Lipinski definition) is 3. The highest BCUT2D eigenvalue weighted by atomic mass is 16.3. The molecule has 0 aliphatic heterocycles. The van der Waals surface area contributed by atoms with Crippen molar-refractivity contribution in [3.8, 4) is 0 Å². The third kappa shape index (κ3) is 2.82. The third-order valence-electron chi connectivity index (χ3n) is 3.25. The summed E-state index contributed by atoms with van der Waals surface area (Å²) in [6.07, 6.45) is 2.91. The Kier molecular flexibility index (Phi) is 3.93. The summed E-state index contributed by atoms with van der Waals surface area (Å²) in [5, 5.41) is 21.9. The highest BCUT2D eigenvalue weighted by Gasteiger charge is 2.24. The van der Waals surface area contributed by atoms with Gasteiger partial charge in [0.15, 0.2) is 0 Å². The van der Waals surface area contributed by atoms with E-state index >= 15 is 0 Å². The molecule has 3 heteroatoms. The second kappa shape index (κ2) is 5.43. The van der Waals surface area contributed by atoms with Crippen molar-refractivity contribution < 1.29 is 10.2 Å². The highest BCUT2D eigenvalue weighted by Crippen LogP contribution is 2.19. The molecule has 0 bridgehead atoms. The fourth-order valence-corrected chi connectivity index (χ4v) is 2.19. The SMILES string of the molecule is OCc1ccc(CN[C@H]2CCC[C@@H]2O)cc1. The minimum Gasteiger partial charge on any atom is -0.392 e. The second-order valence-corrected chi connectivity index (χ2v) is 4.46. The Labute approximate surface area is 96.1 Å². The normalized spacial score (nSPS) is 24.9. The fraction of sp³-hybridized carbons (Fsp3) is 0.538. The Morgan fingerprint density at radius 1 is 1.12 bits per heavy atom. The topological polar surface area (TPSA) is 52.5 Å². The summed E-state index contributed by atoms with van der Waals surface area (Å²) in [4.78, 5) is 0. The molecule has 0 spiro atoms. The average molecular weight is 221 g/mol. The zero-order valence-electron chi connectivity index (χ0n) is 9.39. The van der Waals surface area contributed by atoms with Crippen LogP contribution in [-0.2, 0) is 13.2 Å². The third-order valence-corrected chi connectivity index (χ3v) is 3.25. The maximum absolute atomic E-state index is 9.65. The second-order valence-electron chi connectivity index (χ2n) is 4.46. The molecule has 3 nitrogen and oxygen atoms in total. The van der Waals surface area contributed by atoms with Crippen LogP contribution >= 0.6 is 0 Å². The average Bonchev–Trinajstić information content (AvgIpc) is 2.73. The van der Waals surface area contributed by atoms with E-state index in [0.29, 0.717) is 0 Å². The van der Waals surface area contributed by atoms with Gasteiger partial charge in [-0.25, -0.2) is 0 Å². The van der Waals surface area contributed by atoms with Crippen LogP contribution < -0.4 is 5.32 Å². The molecule has 0 amide bonds. The van der Waals surface area contributed by atoms with Gasteiger partial charge in [0, 0.05) is 12.6 Å². The van der Waals surface area contributed by atoms with Crippen LogP contribution in [0, 0.1) is 0 Å². The molecule has 16 heavy (non-hydrogen) atoms. The van der Waals surface area contributed by atoms with Crippen LogP contribution in [0.2, 0.25) is 0 Å². The Bertz CT molecular complexity index is 323. The number of aliphatic hydroxyl groups excluding tert-OH is 2. The summed E-state index contributed by atoms with van der Waals surface area (Å²) < 4.78 is 0. The van der Waals surface area contributed by atoms with Gasteiger partial charge in [-0.1, -0.05) is 24.3 Å². The molecule has 1 aliphatic carbocycles. The van der Waals surface area contributed by atoms with Gasteiger partial charge in [0.05, 0.1) is 12.7 Å². The predicted molar refractivity (Wildman–Crippen MR) is 62.9 cm³/mol. The molecule has 2 atom stereocenters. The first-order chi connectivity index (χ1) is 7.79. The van der Waals surface area contributed by atoms with E-state index in [4.69, 9.17) is 5.11 Å². The fourth-order valence-electron chi connectivity index (χ4n) is 2.19. The van der Waals surface area contributed by atoms with Crippen molar-refractivity contribution in [2.45, 2.75) is 44.6 Å². The van der Waals surface area contributed by atoms with Crippen LogP contribution in [0.3, 0.4) is 0 Å². The molecule has 0 radical (unpaired) electrons. The van der Waals surface area contributed by atoms with Crippen molar-refractivity contribution in [2.75, 3.05) is 0 Å². The molecular weight excluding hydrogens is 202 g/mol. The maximum atomic E-state index is 9.65. The molecule has 0 heterocycles. The number of benzene rings is 1. The molecule has 2 rings (SSSR count). The van der Waals surface area contributed by atoms with Crippen LogP contribution in [0.5, 0.6) is 0 Å². The van der Waals surface area contributed by atoms with E-state index in [2.05, 4.69) is 5.32 Å². The Morgan fingerprint density at radius 3 is 2.38 bits per heavy atom. The van der Waals surface area contributed by atoms with Gasteiger partial charge < -0.3 is 15.5 Å². The van der Waals surface area contributed by atoms with Crippen LogP contribution in [0.15, 0.2) is 24.3 Å². The molecule has 3 N–H and O–H groups in total. The first-order valence-corrected chi connectivity index (χ1v) is 5.89. The molecule has 1 aromatic carbocycles. The van der Waals surface area contributed by atoms with Gasteiger partial charge in [0.2, 0.25) is 0 Å². The molecule has 0 saturated heterocycles. The first-order valence-electron chi connectivity index (χ1n) is 5.89. The summed E-state index contributed by atoms with van der Waals surface area (Å²) in [5.74, 6) is 0. The van der Waals surface area contributed by atoms with Gasteiger partial charge in [-0.3, -0.25) is 0 Å². The lowest BCUT2D eigenvalue weighted by molar-refractivity contribution is 0.148. The van der Waals surface area contributed by atoms with Crippen molar-refractivity contribution in [1.82, 2.24) is 5.32 Å². The standard InChI is InChI=1S/C13H19NO2/c15-9-11-6-4-10(5-7-11)8-14-12-2-1-3-13(12)16/h4-7,12-16H,1-3,8-9H2/t12-,13-/m0/s1. The molecule has 88 valence electrons. The summed E-state index contributed by atoms with van der Waals surface area (Å²) in [6, 6.07) is 8.14. The van der Waals surface area contributed by atoms with Gasteiger partial charge in [-0.05, 0) is 30.4 Å². The lowest BCUT2D eigenvalue weighted by Gasteiger charge is -2.16. The quantitative estimate of drug-likeness (QED) is 0.715. The van der Waals surface area contributed by atoms with Gasteiger partial charge in [0.25, 0.3) is 0 Å². The van der Waals surface area contributed by atoms with Crippen molar-refractivity contribution in [1.29, 1.82) is 0 Å². The number of aliphatic hydroxyl groups is 2. The van der Waals surface area contributed by atoms with Gasteiger partial charge in [-0.15, -0.1) is 0 Å². The Balaban J connectivity index is 1.84. The van der Waals surface area contributed by atoms with Crippen molar-refractivity contribution in [3.63, 3.8) is 0 Å². The van der Waals surface area contributed by atoms with Crippen LogP contribution in [-0.4, -0.2) is 22.4 Å². The smallest absolute Gasteiger partial charge is 0.0693 e. The summed E-state index contributed by atoms with van der Waals surface area (Å²) in [5.41, 5.74) is 2.13. The van der Waals surface area contributed by atoms with Crippen LogP contribution in [0.25, 0.3) is 0 Å². The molecule has 1 saturated carbocycles. The van der Waals surface area contributed by atoms with Gasteiger partial charge in [0.1, 0.15) is 0 Å². The van der Waals surface area contributed by atoms with E-state index in [1.165, 1.54) is 5.56 Å². The molecule has 1 aliphatic rings. The zero-order valence-corrected chi connectivity index (χ0v) is 9.39. The van der Waals surface area contributed by atoms with E-state index in [-0.39, 0.29) is 18.8 Å². The lowest BCUT2D eigenvalue weighted by atomic mass is 10.1. The van der Waals surface area contributed by atoms with Crippen molar-refractivity contribution in [3.05, 3.63) is 35.4 Å². The largest absolute Gasteiger partial charge is 0.392 e. The minimum atomic E-state index is -0.184. The lowest BCUT2D eigenvalue weighted by Crippen LogP contribution is -2.34. The molecule has 0 unspecified atom stereocenters. The summed E-state index contributed by atoms with van der Waals surface area (Å²) >= 11 is 0. The van der Waals surface area contributed by atoms with E-state index in [1.54, 1.807) is 0 Å². The van der Waals surface area contributed by atoms with Crippen LogP contribution in [0.4, 0.5) is 0 Å². The zero-order chi connectivity index (χ0) is 11.4. The van der Waals surface area contributed by atoms with E-state index < -0.39 is 0 Å². The number of nitrogens with one attached hydrogen (secondary N) is 1. The molecular formula is C13H19NO2. The summed E-state index contributed by atoms with van der Waals surface area (Å²) in [6.45, 7) is 0.877. The first kappa shape index (κ1) is 11.6. The summed E-state index contributed by atoms with van der Waals surface area (Å²) in [7, 11) is 0. The predicted octanol–water partition coefficient (Wildman–Crippen LogP) is 1.18. The Morgan fingerprint density at radius 2 is 1.81 bits per heavy atom. The maximum Gasteiger partial charge on any atom is 0.0693 e. The minimum absolute atomic E-state index is 0.0923. The molecule has 1 fully saturated rings. The highest BCUT2D eigenvalue weighted by molar-refractivity contribution is 5.21. The van der Waals surface area contributed by atoms with Crippen LogP contribution in [0.1, 0.15) is 30.4 Å². The Hall–Kier alpha value is -0.900. The van der Waals surface area contributed by atoms with Gasteiger partial charge in [-0.2, -0.15) is 0 Å². The molecule has 0 aromatic heterocycles. The van der Waals surface area contributed by atoms with Crippen molar-refractivity contribution >= 4 is 0 Å². The van der Waals surface area contributed by atoms with E-state index in [0.717, 1.165) is 31.4 Å². The monoisotopic (exact) mass is 221 g/mol. The van der Waals surface area contributed by atoms with Gasteiger partial charge >= 0.3 is 0 Å². The number of hydrogen-bond acceptors (Lipinski definition) is 3.